The molecule has 5 heteroatoms. The number of nitrogens with one attached hydrogen (secondary N) is 3. The Morgan fingerprint density at radius 3 is 2.65 bits per heavy atom. The molecule has 0 aliphatic rings. The van der Waals surface area contributed by atoms with E-state index in [-0.39, 0.29) is 11.9 Å². The van der Waals surface area contributed by atoms with Crippen LogP contribution in [0.1, 0.15) is 13.3 Å². The molecule has 5 N–H and O–H groups in total. The number of amides is 2. The van der Waals surface area contributed by atoms with Crippen molar-refractivity contribution >= 4 is 28.3 Å². The zero-order valence-corrected chi connectivity index (χ0v) is 11.3. The van der Waals surface area contributed by atoms with Crippen LogP contribution in [0.5, 0.6) is 0 Å². The number of fused-ring (bicyclic) bond motifs is 1. The topological polar surface area (TPSA) is 91.0 Å². The van der Waals surface area contributed by atoms with E-state index in [9.17, 15) is 4.79 Å². The van der Waals surface area contributed by atoms with Crippen molar-refractivity contribution in [1.82, 2.24) is 5.32 Å². The molecule has 2 aromatic rings. The van der Waals surface area contributed by atoms with Gasteiger partial charge in [-0.3, -0.25) is 5.41 Å². The summed E-state index contributed by atoms with van der Waals surface area (Å²) in [5.41, 5.74) is 6.16. The van der Waals surface area contributed by atoms with Crippen molar-refractivity contribution in [2.24, 2.45) is 5.73 Å². The van der Waals surface area contributed by atoms with Crippen molar-refractivity contribution < 1.29 is 4.79 Å². The summed E-state index contributed by atoms with van der Waals surface area (Å²) in [6.07, 6.45) is 0.582. The van der Waals surface area contributed by atoms with Crippen LogP contribution >= 0.6 is 0 Å². The first-order chi connectivity index (χ1) is 9.61. The Bertz CT molecular complexity index is 633. The maximum atomic E-state index is 12.0. The molecule has 0 saturated carbocycles. The summed E-state index contributed by atoms with van der Waals surface area (Å²) in [4.78, 5) is 12.0. The first-order valence-electron chi connectivity index (χ1n) is 6.51. The molecule has 5 nitrogen and oxygen atoms in total. The smallest absolute Gasteiger partial charge is 0.319 e. The Morgan fingerprint density at radius 1 is 1.25 bits per heavy atom. The summed E-state index contributed by atoms with van der Waals surface area (Å²) >= 11 is 0. The third-order valence-corrected chi connectivity index (χ3v) is 3.13. The van der Waals surface area contributed by atoms with E-state index in [0.29, 0.717) is 6.42 Å². The highest BCUT2D eigenvalue weighted by atomic mass is 16.2. The Kier molecular flexibility index (Phi) is 4.20. The van der Waals surface area contributed by atoms with Gasteiger partial charge >= 0.3 is 6.03 Å². The average Bonchev–Trinajstić information content (AvgIpc) is 2.45. The number of urea groups is 1. The van der Waals surface area contributed by atoms with E-state index >= 15 is 0 Å². The lowest BCUT2D eigenvalue weighted by Crippen LogP contribution is -2.45. The average molecular weight is 270 g/mol. The zero-order valence-electron chi connectivity index (χ0n) is 11.3. The van der Waals surface area contributed by atoms with E-state index in [2.05, 4.69) is 10.6 Å². The molecule has 1 atom stereocenters. The van der Waals surface area contributed by atoms with Gasteiger partial charge in [-0.05, 0) is 17.9 Å². The lowest BCUT2D eigenvalue weighted by molar-refractivity contribution is 0.250. The van der Waals surface area contributed by atoms with Crippen molar-refractivity contribution in [2.45, 2.75) is 19.4 Å². The first kappa shape index (κ1) is 13.9. The van der Waals surface area contributed by atoms with Crippen LogP contribution < -0.4 is 16.4 Å². The third-order valence-electron chi connectivity index (χ3n) is 3.13. The maximum Gasteiger partial charge on any atom is 0.319 e. The fourth-order valence-corrected chi connectivity index (χ4v) is 2.05. The number of carbonyl (C=O) groups is 1. The van der Waals surface area contributed by atoms with Gasteiger partial charge in [0.05, 0.1) is 11.7 Å². The third kappa shape index (κ3) is 3.06. The van der Waals surface area contributed by atoms with Gasteiger partial charge in [0.2, 0.25) is 0 Å². The summed E-state index contributed by atoms with van der Waals surface area (Å²) in [7, 11) is 0. The Morgan fingerprint density at radius 2 is 1.95 bits per heavy atom. The predicted octanol–water partition coefficient (Wildman–Crippen LogP) is 2.68. The number of rotatable bonds is 4. The van der Waals surface area contributed by atoms with Crippen LogP contribution in [-0.2, 0) is 0 Å². The molecule has 0 aliphatic heterocycles. The molecule has 0 fully saturated rings. The highest BCUT2D eigenvalue weighted by Crippen LogP contribution is 2.22. The molecule has 0 spiro atoms. The molecule has 0 aliphatic carbocycles. The number of nitrogens with two attached hydrogens (primary N) is 1. The van der Waals surface area contributed by atoms with Crippen molar-refractivity contribution in [3.8, 4) is 0 Å². The van der Waals surface area contributed by atoms with Crippen LogP contribution in [0.3, 0.4) is 0 Å². The Balaban J connectivity index is 2.16. The normalized spacial score (nSPS) is 11.8. The predicted molar refractivity (Wildman–Crippen MR) is 82.1 cm³/mol. The van der Waals surface area contributed by atoms with E-state index in [0.717, 1.165) is 16.5 Å². The quantitative estimate of drug-likeness (QED) is 0.508. The molecule has 2 rings (SSSR count). The number of benzene rings is 2. The van der Waals surface area contributed by atoms with Gasteiger partial charge in [0.25, 0.3) is 0 Å². The van der Waals surface area contributed by atoms with Gasteiger partial charge in [0.1, 0.15) is 5.84 Å². The van der Waals surface area contributed by atoms with E-state index < -0.39 is 6.04 Å². The van der Waals surface area contributed by atoms with Crippen LogP contribution in [0, 0.1) is 5.41 Å². The molecular weight excluding hydrogens is 252 g/mol. The second-order valence-corrected chi connectivity index (χ2v) is 4.54. The molecule has 0 heterocycles. The number of hydrogen-bond acceptors (Lipinski definition) is 2. The van der Waals surface area contributed by atoms with E-state index in [1.165, 1.54) is 0 Å². The highest BCUT2D eigenvalue weighted by molar-refractivity contribution is 6.02. The lowest BCUT2D eigenvalue weighted by atomic mass is 10.1. The van der Waals surface area contributed by atoms with Gasteiger partial charge in [0, 0.05) is 5.39 Å². The molecular formula is C15H18N4O. The fraction of sp³-hybridized carbons (Fsp3) is 0.200. The van der Waals surface area contributed by atoms with E-state index in [4.69, 9.17) is 11.1 Å². The van der Waals surface area contributed by atoms with Gasteiger partial charge < -0.3 is 16.4 Å². The van der Waals surface area contributed by atoms with Crippen molar-refractivity contribution in [1.29, 1.82) is 5.41 Å². The van der Waals surface area contributed by atoms with Crippen molar-refractivity contribution in [3.63, 3.8) is 0 Å². The molecule has 20 heavy (non-hydrogen) atoms. The van der Waals surface area contributed by atoms with E-state index in [1.807, 2.05) is 49.4 Å². The summed E-state index contributed by atoms with van der Waals surface area (Å²) < 4.78 is 0. The van der Waals surface area contributed by atoms with Crippen LogP contribution in [-0.4, -0.2) is 17.9 Å². The van der Waals surface area contributed by atoms with Gasteiger partial charge in [-0.25, -0.2) is 4.79 Å². The monoisotopic (exact) mass is 270 g/mol. The highest BCUT2D eigenvalue weighted by Gasteiger charge is 2.13. The molecule has 2 amide bonds. The van der Waals surface area contributed by atoms with Gasteiger partial charge in [-0.1, -0.05) is 43.3 Å². The summed E-state index contributed by atoms with van der Waals surface area (Å²) in [6, 6.07) is 12.7. The molecule has 1 unspecified atom stereocenters. The van der Waals surface area contributed by atoms with E-state index in [1.54, 1.807) is 0 Å². The van der Waals surface area contributed by atoms with Crippen LogP contribution in [0.15, 0.2) is 42.5 Å². The van der Waals surface area contributed by atoms with Crippen LogP contribution in [0.2, 0.25) is 0 Å². The number of amidine groups is 1. The molecule has 0 saturated heterocycles. The minimum Gasteiger partial charge on any atom is -0.386 e. The standard InChI is InChI=1S/C15H18N4O/c1-2-12(14(16)17)18-15(20)19-13-9-5-7-10-6-3-4-8-11(10)13/h3-9,12H,2H2,1H3,(H3,16,17)(H2,18,19,20). The molecule has 2 aromatic carbocycles. The van der Waals surface area contributed by atoms with Gasteiger partial charge in [0.15, 0.2) is 0 Å². The van der Waals surface area contributed by atoms with Gasteiger partial charge in [-0.15, -0.1) is 0 Å². The number of hydrogen-bond donors (Lipinski definition) is 4. The second kappa shape index (κ2) is 6.06. The molecule has 0 bridgehead atoms. The van der Waals surface area contributed by atoms with Crippen LogP contribution in [0.25, 0.3) is 10.8 Å². The summed E-state index contributed by atoms with van der Waals surface area (Å²) in [5.74, 6) is -0.0411. The number of carbonyl (C=O) groups excluding carboxylic acids is 1. The maximum absolute atomic E-state index is 12.0. The largest absolute Gasteiger partial charge is 0.386 e. The zero-order chi connectivity index (χ0) is 14.5. The van der Waals surface area contributed by atoms with Crippen molar-refractivity contribution in [2.75, 3.05) is 5.32 Å². The van der Waals surface area contributed by atoms with Crippen LogP contribution in [0.4, 0.5) is 10.5 Å². The van der Waals surface area contributed by atoms with Crippen molar-refractivity contribution in [3.05, 3.63) is 42.5 Å². The lowest BCUT2D eigenvalue weighted by Gasteiger charge is -2.16. The Hall–Kier alpha value is -2.56. The minimum absolute atomic E-state index is 0.0411. The minimum atomic E-state index is -0.440. The summed E-state index contributed by atoms with van der Waals surface area (Å²) in [5, 5.41) is 14.9. The molecule has 0 aromatic heterocycles. The SMILES string of the molecule is CCC(NC(=O)Nc1cccc2ccccc12)C(=N)N. The summed E-state index contributed by atoms with van der Waals surface area (Å²) in [6.45, 7) is 1.87. The molecule has 0 radical (unpaired) electrons. The molecule has 104 valence electrons. The van der Waals surface area contributed by atoms with Gasteiger partial charge in [-0.2, -0.15) is 0 Å². The number of anilines is 1. The Labute approximate surface area is 117 Å². The first-order valence-corrected chi connectivity index (χ1v) is 6.51. The second-order valence-electron chi connectivity index (χ2n) is 4.54. The fourth-order valence-electron chi connectivity index (χ4n) is 2.05.